The van der Waals surface area contributed by atoms with Gasteiger partial charge in [0.1, 0.15) is 0 Å². The SMILES string of the molecule is C=NC(=NC(=N)c1ccc(-c2ccccc2)cc1)c1ccc2c(c1)c1ccccc1c1cccc(-c3ccc4c5ccccc5n(-c5ccc6ccccc6c5)c4c3)c12.Cc1ccccc1. The molecule has 0 spiro atoms. The van der Waals surface area contributed by atoms with Crippen LogP contribution in [0.3, 0.4) is 0 Å². The van der Waals surface area contributed by atoms with E-state index in [9.17, 15) is 0 Å². The first kappa shape index (κ1) is 40.1. The summed E-state index contributed by atoms with van der Waals surface area (Å²) in [6.07, 6.45) is 0. The lowest BCUT2D eigenvalue weighted by Gasteiger charge is -2.16. The molecule has 0 unspecified atom stereocenters. The highest BCUT2D eigenvalue weighted by Gasteiger charge is 2.18. The van der Waals surface area contributed by atoms with Crippen LogP contribution in [0.5, 0.6) is 0 Å². The summed E-state index contributed by atoms with van der Waals surface area (Å²) in [7, 11) is 0. The highest BCUT2D eigenvalue weighted by Crippen LogP contribution is 2.42. The van der Waals surface area contributed by atoms with E-state index in [1.807, 2.05) is 60.7 Å². The van der Waals surface area contributed by atoms with Crippen LogP contribution in [0.1, 0.15) is 16.7 Å². The molecule has 0 saturated heterocycles. The second-order valence-corrected chi connectivity index (χ2v) is 16.7. The molecule has 0 atom stereocenters. The minimum atomic E-state index is 0.134. The quantitative estimate of drug-likeness (QED) is 0.102. The number of aryl methyl sites for hydroxylation is 1. The number of hydrogen-bond acceptors (Lipinski definition) is 1. The largest absolute Gasteiger partial charge is 0.309 e. The number of benzene rings is 11. The Balaban J connectivity index is 0.000000632. The molecule has 66 heavy (non-hydrogen) atoms. The first-order valence-electron chi connectivity index (χ1n) is 22.2. The Morgan fingerprint density at radius 3 is 1.74 bits per heavy atom. The number of para-hydroxylation sites is 1. The van der Waals surface area contributed by atoms with Gasteiger partial charge >= 0.3 is 0 Å². The summed E-state index contributed by atoms with van der Waals surface area (Å²) >= 11 is 0. The lowest BCUT2D eigenvalue weighted by Crippen LogP contribution is -2.04. The molecule has 0 aliphatic rings. The average molecular weight is 845 g/mol. The number of aliphatic imine (C=N–C) groups is 2. The zero-order valence-corrected chi connectivity index (χ0v) is 36.5. The van der Waals surface area contributed by atoms with Crippen molar-refractivity contribution >= 4 is 83.3 Å². The van der Waals surface area contributed by atoms with E-state index < -0.39 is 0 Å². The molecule has 0 fully saturated rings. The molecule has 312 valence electrons. The van der Waals surface area contributed by atoms with Gasteiger partial charge in [0, 0.05) is 27.6 Å². The summed E-state index contributed by atoms with van der Waals surface area (Å²) in [5.74, 6) is 0.544. The highest BCUT2D eigenvalue weighted by molar-refractivity contribution is 6.29. The number of aromatic nitrogens is 1. The zero-order chi connectivity index (χ0) is 44.6. The number of rotatable bonds is 5. The molecule has 1 N–H and O–H groups in total. The molecule has 0 aliphatic carbocycles. The van der Waals surface area contributed by atoms with E-state index in [1.54, 1.807) is 0 Å². The number of nitrogens with one attached hydrogen (secondary N) is 1. The third kappa shape index (κ3) is 7.31. The Bertz CT molecular complexity index is 3840. The third-order valence-corrected chi connectivity index (χ3v) is 12.7. The van der Waals surface area contributed by atoms with Gasteiger partial charge in [-0.15, -0.1) is 0 Å². The van der Waals surface area contributed by atoms with Crippen molar-refractivity contribution in [2.24, 2.45) is 9.98 Å². The molecular formula is C62H44N4. The van der Waals surface area contributed by atoms with Crippen molar-refractivity contribution in [3.8, 4) is 27.9 Å². The van der Waals surface area contributed by atoms with Crippen molar-refractivity contribution < 1.29 is 0 Å². The molecule has 12 rings (SSSR count). The second-order valence-electron chi connectivity index (χ2n) is 16.7. The predicted molar refractivity (Wildman–Crippen MR) is 282 cm³/mol. The third-order valence-electron chi connectivity index (χ3n) is 12.7. The average Bonchev–Trinajstić information content (AvgIpc) is 3.72. The lowest BCUT2D eigenvalue weighted by molar-refractivity contribution is 1.19. The van der Waals surface area contributed by atoms with Crippen LogP contribution in [-0.2, 0) is 0 Å². The highest BCUT2D eigenvalue weighted by atomic mass is 15.0. The van der Waals surface area contributed by atoms with Crippen LogP contribution in [0.2, 0.25) is 0 Å². The molecule has 1 heterocycles. The van der Waals surface area contributed by atoms with Crippen molar-refractivity contribution in [3.63, 3.8) is 0 Å². The van der Waals surface area contributed by atoms with Gasteiger partial charge in [-0.25, -0.2) is 9.98 Å². The number of amidine groups is 2. The van der Waals surface area contributed by atoms with Crippen molar-refractivity contribution in [1.29, 1.82) is 5.41 Å². The summed E-state index contributed by atoms with van der Waals surface area (Å²) in [5.41, 5.74) is 10.9. The maximum atomic E-state index is 8.93. The Morgan fingerprint density at radius 2 is 1.00 bits per heavy atom. The van der Waals surface area contributed by atoms with E-state index in [-0.39, 0.29) is 5.84 Å². The van der Waals surface area contributed by atoms with E-state index in [0.29, 0.717) is 11.4 Å². The first-order valence-corrected chi connectivity index (χ1v) is 22.2. The van der Waals surface area contributed by atoms with Gasteiger partial charge < -0.3 is 4.57 Å². The summed E-state index contributed by atoms with van der Waals surface area (Å²) < 4.78 is 2.41. The summed E-state index contributed by atoms with van der Waals surface area (Å²) in [4.78, 5) is 9.07. The fraction of sp³-hybridized carbons (Fsp3) is 0.0161. The Kier molecular flexibility index (Phi) is 10.4. The minimum Gasteiger partial charge on any atom is -0.309 e. The van der Waals surface area contributed by atoms with Crippen LogP contribution in [0, 0.1) is 12.3 Å². The topological polar surface area (TPSA) is 53.5 Å². The normalized spacial score (nSPS) is 11.6. The standard InChI is InChI=1S/C55H36N4.C7H8/c1-57-55(58-54(56)38-24-22-37(23-25-38)35-12-3-2-4-13-35)41-28-31-49-50(33-41)45-17-8-7-16-44(45)48-20-11-19-43(53(48)49)40-27-30-47-46-18-9-10-21-51(46)59(52(47)34-40)42-29-26-36-14-5-6-15-39(36)32-42;1-7-5-3-2-4-6-7/h2-34,56H,1H2;2-6H,1H3. The second kappa shape index (κ2) is 17.1. The maximum Gasteiger partial charge on any atom is 0.161 e. The van der Waals surface area contributed by atoms with E-state index in [0.717, 1.165) is 44.1 Å². The Morgan fingerprint density at radius 1 is 0.424 bits per heavy atom. The van der Waals surface area contributed by atoms with Gasteiger partial charge in [0.2, 0.25) is 0 Å². The molecular weight excluding hydrogens is 801 g/mol. The van der Waals surface area contributed by atoms with Gasteiger partial charge in [0.05, 0.1) is 11.0 Å². The van der Waals surface area contributed by atoms with Crippen molar-refractivity contribution in [2.75, 3.05) is 0 Å². The van der Waals surface area contributed by atoms with Crippen molar-refractivity contribution in [1.82, 2.24) is 4.57 Å². The summed E-state index contributed by atoms with van der Waals surface area (Å²) in [6, 6.07) is 81.0. The number of fused-ring (bicyclic) bond motifs is 10. The van der Waals surface area contributed by atoms with Gasteiger partial charge in [-0.1, -0.05) is 206 Å². The van der Waals surface area contributed by atoms with Crippen molar-refractivity contribution in [2.45, 2.75) is 6.92 Å². The van der Waals surface area contributed by atoms with Gasteiger partial charge in [-0.2, -0.15) is 0 Å². The smallest absolute Gasteiger partial charge is 0.161 e. The van der Waals surface area contributed by atoms with Gasteiger partial charge in [-0.05, 0) is 109 Å². The fourth-order valence-electron chi connectivity index (χ4n) is 9.46. The fourth-order valence-corrected chi connectivity index (χ4v) is 9.46. The van der Waals surface area contributed by atoms with Crippen LogP contribution in [0.25, 0.3) is 92.8 Å². The van der Waals surface area contributed by atoms with Crippen LogP contribution in [0.4, 0.5) is 0 Å². The Labute approximate surface area is 383 Å². The minimum absolute atomic E-state index is 0.134. The molecule has 0 bridgehead atoms. The van der Waals surface area contributed by atoms with E-state index in [2.05, 4.69) is 193 Å². The van der Waals surface area contributed by atoms with Gasteiger partial charge in [0.25, 0.3) is 0 Å². The molecule has 0 radical (unpaired) electrons. The van der Waals surface area contributed by atoms with Crippen LogP contribution in [-0.4, -0.2) is 23.0 Å². The van der Waals surface area contributed by atoms with E-state index in [4.69, 9.17) is 10.4 Å². The molecule has 0 saturated carbocycles. The Hall–Kier alpha value is -8.73. The van der Waals surface area contributed by atoms with Crippen molar-refractivity contribution in [3.05, 3.63) is 247 Å². The number of hydrogen-bond donors (Lipinski definition) is 1. The summed E-state index contributed by atoms with van der Waals surface area (Å²) in [5, 5.41) is 20.8. The molecule has 1 aromatic heterocycles. The molecule has 0 aliphatic heterocycles. The predicted octanol–water partition coefficient (Wildman–Crippen LogP) is 16.2. The molecule has 12 aromatic rings. The van der Waals surface area contributed by atoms with Crippen LogP contribution in [0.15, 0.2) is 241 Å². The summed E-state index contributed by atoms with van der Waals surface area (Å²) in [6.45, 7) is 5.97. The number of nitrogens with zero attached hydrogens (tertiary/aromatic N) is 3. The monoisotopic (exact) mass is 844 g/mol. The van der Waals surface area contributed by atoms with E-state index >= 15 is 0 Å². The lowest BCUT2D eigenvalue weighted by atomic mass is 9.88. The van der Waals surface area contributed by atoms with Crippen LogP contribution >= 0.6 is 0 Å². The van der Waals surface area contributed by atoms with Gasteiger partial charge in [0.15, 0.2) is 11.7 Å². The molecule has 11 aromatic carbocycles. The molecule has 0 amide bonds. The molecule has 4 heteroatoms. The van der Waals surface area contributed by atoms with E-state index in [1.165, 1.54) is 59.9 Å². The zero-order valence-electron chi connectivity index (χ0n) is 36.5. The van der Waals surface area contributed by atoms with Gasteiger partial charge in [-0.3, -0.25) is 5.41 Å². The maximum absolute atomic E-state index is 8.93. The molecule has 4 nitrogen and oxygen atoms in total. The first-order chi connectivity index (χ1) is 32.5. The van der Waals surface area contributed by atoms with Crippen LogP contribution < -0.4 is 0 Å².